The quantitative estimate of drug-likeness (QED) is 0.724. The van der Waals surface area contributed by atoms with E-state index in [9.17, 15) is 5.11 Å². The molecule has 4 nitrogen and oxygen atoms in total. The van der Waals surface area contributed by atoms with Crippen molar-refractivity contribution in [2.45, 2.75) is 26.4 Å². The molecule has 1 rings (SSSR count). The highest BCUT2D eigenvalue weighted by atomic mass is 16.5. The van der Waals surface area contributed by atoms with Gasteiger partial charge < -0.3 is 19.3 Å². The lowest BCUT2D eigenvalue weighted by molar-refractivity contribution is 0.130. The Bertz CT molecular complexity index is 350. The second-order valence-corrected chi connectivity index (χ2v) is 3.99. The number of rotatable bonds is 8. The zero-order valence-electron chi connectivity index (χ0n) is 11.3. The number of benzene rings is 1. The summed E-state index contributed by atoms with van der Waals surface area (Å²) in [5.74, 6) is 1.34. The molecule has 0 aromatic heterocycles. The maximum Gasteiger partial charge on any atom is 0.161 e. The van der Waals surface area contributed by atoms with E-state index in [4.69, 9.17) is 14.2 Å². The first-order valence-corrected chi connectivity index (χ1v) is 6.25. The molecule has 4 heteroatoms. The van der Waals surface area contributed by atoms with Crippen LogP contribution in [0.15, 0.2) is 18.2 Å². The Kier molecular flexibility index (Phi) is 6.54. The molecule has 0 aliphatic rings. The van der Waals surface area contributed by atoms with Crippen molar-refractivity contribution >= 4 is 0 Å². The van der Waals surface area contributed by atoms with Crippen LogP contribution in [0.5, 0.6) is 11.5 Å². The van der Waals surface area contributed by atoms with Crippen molar-refractivity contribution in [3.8, 4) is 11.5 Å². The predicted octanol–water partition coefficient (Wildman–Crippen LogP) is 2.55. The summed E-state index contributed by atoms with van der Waals surface area (Å²) in [7, 11) is 1.59. The maximum absolute atomic E-state index is 9.49. The zero-order valence-corrected chi connectivity index (χ0v) is 11.3. The average Bonchev–Trinajstić information content (AvgIpc) is 2.38. The third-order valence-electron chi connectivity index (χ3n) is 2.56. The lowest BCUT2D eigenvalue weighted by Gasteiger charge is -2.13. The van der Waals surface area contributed by atoms with E-state index < -0.39 is 6.10 Å². The van der Waals surface area contributed by atoms with Crippen molar-refractivity contribution in [1.82, 2.24) is 0 Å². The van der Waals surface area contributed by atoms with Gasteiger partial charge in [0, 0.05) is 19.6 Å². The second kappa shape index (κ2) is 7.95. The predicted molar refractivity (Wildman–Crippen MR) is 70.2 cm³/mol. The lowest BCUT2D eigenvalue weighted by Crippen LogP contribution is -2.04. The van der Waals surface area contributed by atoms with Gasteiger partial charge in [-0.2, -0.15) is 0 Å². The Balaban J connectivity index is 2.54. The van der Waals surface area contributed by atoms with Crippen LogP contribution in [-0.4, -0.2) is 32.0 Å². The first-order chi connectivity index (χ1) is 8.69. The number of aliphatic hydroxyl groups is 1. The summed E-state index contributed by atoms with van der Waals surface area (Å²) in [6.45, 7) is 5.71. The summed E-state index contributed by atoms with van der Waals surface area (Å²) in [5.41, 5.74) is 0.813. The largest absolute Gasteiger partial charge is 0.493 e. The number of aliphatic hydroxyl groups excluding tert-OH is 1. The molecule has 0 spiro atoms. The Morgan fingerprint density at radius 1 is 1.22 bits per heavy atom. The van der Waals surface area contributed by atoms with Crippen molar-refractivity contribution in [2.75, 3.05) is 26.9 Å². The third kappa shape index (κ3) is 4.55. The fourth-order valence-corrected chi connectivity index (χ4v) is 1.55. The van der Waals surface area contributed by atoms with E-state index in [1.165, 1.54) is 0 Å². The SMILES string of the molecule is CCOCCCOc1ccc(C(C)O)cc1OC. The molecule has 18 heavy (non-hydrogen) atoms. The topological polar surface area (TPSA) is 47.9 Å². The van der Waals surface area contributed by atoms with Gasteiger partial charge in [0.2, 0.25) is 0 Å². The Labute approximate surface area is 108 Å². The summed E-state index contributed by atoms with van der Waals surface area (Å²) in [4.78, 5) is 0. The normalized spacial score (nSPS) is 12.2. The Hall–Kier alpha value is -1.26. The van der Waals surface area contributed by atoms with Crippen molar-refractivity contribution < 1.29 is 19.3 Å². The van der Waals surface area contributed by atoms with Crippen LogP contribution in [0.4, 0.5) is 0 Å². The zero-order chi connectivity index (χ0) is 13.4. The molecule has 0 heterocycles. The second-order valence-electron chi connectivity index (χ2n) is 3.99. The molecule has 0 saturated heterocycles. The molecule has 0 fully saturated rings. The van der Waals surface area contributed by atoms with Crippen LogP contribution in [0.2, 0.25) is 0 Å². The molecular formula is C14H22O4. The molecule has 0 aliphatic carbocycles. The van der Waals surface area contributed by atoms with E-state index in [0.29, 0.717) is 24.7 Å². The summed E-state index contributed by atoms with van der Waals surface area (Å²) >= 11 is 0. The fourth-order valence-electron chi connectivity index (χ4n) is 1.55. The number of hydrogen-bond donors (Lipinski definition) is 1. The van der Waals surface area contributed by atoms with E-state index in [2.05, 4.69) is 0 Å². The molecule has 1 aromatic carbocycles. The summed E-state index contributed by atoms with van der Waals surface area (Å²) in [5, 5.41) is 9.49. The summed E-state index contributed by atoms with van der Waals surface area (Å²) < 4.78 is 16.1. The first-order valence-electron chi connectivity index (χ1n) is 6.25. The van der Waals surface area contributed by atoms with Gasteiger partial charge in [0.05, 0.1) is 19.8 Å². The lowest BCUT2D eigenvalue weighted by atomic mass is 10.1. The van der Waals surface area contributed by atoms with Gasteiger partial charge in [-0.1, -0.05) is 6.07 Å². The molecule has 0 saturated carbocycles. The molecule has 0 bridgehead atoms. The van der Waals surface area contributed by atoms with Crippen molar-refractivity contribution in [2.24, 2.45) is 0 Å². The minimum Gasteiger partial charge on any atom is -0.493 e. The average molecular weight is 254 g/mol. The Morgan fingerprint density at radius 3 is 2.61 bits per heavy atom. The highest BCUT2D eigenvalue weighted by molar-refractivity contribution is 5.43. The summed E-state index contributed by atoms with van der Waals surface area (Å²) in [6, 6.07) is 5.45. The van der Waals surface area contributed by atoms with Gasteiger partial charge in [0.25, 0.3) is 0 Å². The minimum atomic E-state index is -0.508. The summed E-state index contributed by atoms with van der Waals surface area (Å²) in [6.07, 6.45) is 0.334. The van der Waals surface area contributed by atoms with E-state index >= 15 is 0 Å². The van der Waals surface area contributed by atoms with E-state index in [0.717, 1.165) is 18.6 Å². The number of methoxy groups -OCH3 is 1. The molecule has 1 aromatic rings. The highest BCUT2D eigenvalue weighted by Crippen LogP contribution is 2.30. The van der Waals surface area contributed by atoms with Crippen LogP contribution in [0.3, 0.4) is 0 Å². The highest BCUT2D eigenvalue weighted by Gasteiger charge is 2.08. The molecule has 0 amide bonds. The maximum atomic E-state index is 9.49. The van der Waals surface area contributed by atoms with Gasteiger partial charge in [0.15, 0.2) is 11.5 Å². The van der Waals surface area contributed by atoms with Gasteiger partial charge in [-0.15, -0.1) is 0 Å². The van der Waals surface area contributed by atoms with E-state index in [1.54, 1.807) is 20.1 Å². The van der Waals surface area contributed by atoms with Gasteiger partial charge >= 0.3 is 0 Å². The van der Waals surface area contributed by atoms with Crippen molar-refractivity contribution in [3.63, 3.8) is 0 Å². The van der Waals surface area contributed by atoms with Crippen LogP contribution in [0.25, 0.3) is 0 Å². The molecule has 1 atom stereocenters. The minimum absolute atomic E-state index is 0.508. The van der Waals surface area contributed by atoms with Gasteiger partial charge in [-0.3, -0.25) is 0 Å². The molecule has 0 aliphatic heterocycles. The van der Waals surface area contributed by atoms with Crippen molar-refractivity contribution in [3.05, 3.63) is 23.8 Å². The van der Waals surface area contributed by atoms with Gasteiger partial charge in [0.1, 0.15) is 0 Å². The fraction of sp³-hybridized carbons (Fsp3) is 0.571. The van der Waals surface area contributed by atoms with E-state index in [-0.39, 0.29) is 0 Å². The van der Waals surface area contributed by atoms with Crippen LogP contribution in [0.1, 0.15) is 31.9 Å². The molecular weight excluding hydrogens is 232 g/mol. The van der Waals surface area contributed by atoms with Crippen molar-refractivity contribution in [1.29, 1.82) is 0 Å². The van der Waals surface area contributed by atoms with Crippen LogP contribution in [-0.2, 0) is 4.74 Å². The molecule has 102 valence electrons. The number of ether oxygens (including phenoxy) is 3. The van der Waals surface area contributed by atoms with Gasteiger partial charge in [-0.25, -0.2) is 0 Å². The van der Waals surface area contributed by atoms with Crippen LogP contribution < -0.4 is 9.47 Å². The molecule has 1 unspecified atom stereocenters. The van der Waals surface area contributed by atoms with Gasteiger partial charge in [-0.05, 0) is 31.5 Å². The van der Waals surface area contributed by atoms with Crippen LogP contribution >= 0.6 is 0 Å². The van der Waals surface area contributed by atoms with E-state index in [1.807, 2.05) is 19.1 Å². The third-order valence-corrected chi connectivity index (χ3v) is 2.56. The number of hydrogen-bond acceptors (Lipinski definition) is 4. The first kappa shape index (κ1) is 14.8. The molecule has 1 N–H and O–H groups in total. The molecule has 0 radical (unpaired) electrons. The Morgan fingerprint density at radius 2 is 2.00 bits per heavy atom. The standard InChI is InChI=1S/C14H22O4/c1-4-17-8-5-9-18-13-7-6-12(11(2)15)10-14(13)16-3/h6-7,10-11,15H,4-5,8-9H2,1-3H3. The monoisotopic (exact) mass is 254 g/mol. The van der Waals surface area contributed by atoms with Crippen LogP contribution in [0, 0.1) is 0 Å². The smallest absolute Gasteiger partial charge is 0.161 e.